The van der Waals surface area contributed by atoms with Crippen molar-refractivity contribution in [3.63, 3.8) is 0 Å². The molecule has 1 aromatic carbocycles. The molecule has 6 nitrogen and oxygen atoms in total. The van der Waals surface area contributed by atoms with E-state index in [0.717, 1.165) is 10.2 Å². The van der Waals surface area contributed by atoms with E-state index in [4.69, 9.17) is 0 Å². The average Bonchev–Trinajstić information content (AvgIpc) is 2.89. The second-order valence-electron chi connectivity index (χ2n) is 5.04. The Morgan fingerprint density at radius 1 is 1.23 bits per heavy atom. The molecule has 2 aromatic heterocycles. The van der Waals surface area contributed by atoms with Gasteiger partial charge < -0.3 is 0 Å². The Morgan fingerprint density at radius 2 is 2.00 bits per heavy atom. The fourth-order valence-electron chi connectivity index (χ4n) is 2.00. The largest absolute Gasteiger partial charge is 0.296 e. The summed E-state index contributed by atoms with van der Waals surface area (Å²) in [6.45, 7) is 3.67. The Morgan fingerprint density at radius 3 is 2.73 bits per heavy atom. The zero-order chi connectivity index (χ0) is 15.7. The molecule has 7 heteroatoms. The Kier molecular flexibility index (Phi) is 3.72. The highest BCUT2D eigenvalue weighted by Gasteiger charge is 2.13. The van der Waals surface area contributed by atoms with Crippen LogP contribution >= 0.6 is 11.3 Å². The molecule has 112 valence electrons. The van der Waals surface area contributed by atoms with Gasteiger partial charge in [0.1, 0.15) is 5.69 Å². The van der Waals surface area contributed by atoms with E-state index in [0.29, 0.717) is 5.13 Å². The number of hydrogen-bond acceptors (Lipinski definition) is 5. The number of carbonyl (C=O) groups excluding carboxylic acids is 1. The molecular formula is C15H14N4O2S. The van der Waals surface area contributed by atoms with Crippen molar-refractivity contribution >= 4 is 32.6 Å². The van der Waals surface area contributed by atoms with Crippen molar-refractivity contribution < 1.29 is 4.79 Å². The van der Waals surface area contributed by atoms with Gasteiger partial charge in [0, 0.05) is 6.07 Å². The number of hydrogen-bond donors (Lipinski definition) is 1. The lowest BCUT2D eigenvalue weighted by molar-refractivity contribution is 0.101. The average molecular weight is 314 g/mol. The molecule has 1 N–H and O–H groups in total. The highest BCUT2D eigenvalue weighted by Crippen LogP contribution is 2.25. The van der Waals surface area contributed by atoms with Gasteiger partial charge in [-0.1, -0.05) is 23.5 Å². The summed E-state index contributed by atoms with van der Waals surface area (Å²) in [4.78, 5) is 28.3. The van der Waals surface area contributed by atoms with Crippen LogP contribution in [0.4, 0.5) is 5.13 Å². The number of benzene rings is 1. The maximum atomic E-state index is 12.3. The summed E-state index contributed by atoms with van der Waals surface area (Å²) < 4.78 is 2.28. The highest BCUT2D eigenvalue weighted by molar-refractivity contribution is 7.22. The van der Waals surface area contributed by atoms with Gasteiger partial charge in [-0.15, -0.1) is 0 Å². The molecule has 0 spiro atoms. The zero-order valence-corrected chi connectivity index (χ0v) is 12.9. The second-order valence-corrected chi connectivity index (χ2v) is 6.07. The maximum Gasteiger partial charge on any atom is 0.277 e. The predicted octanol–water partition coefficient (Wildman–Crippen LogP) is 2.69. The Bertz CT molecular complexity index is 865. The molecule has 0 saturated heterocycles. The number of anilines is 1. The minimum absolute atomic E-state index is 0.109. The van der Waals surface area contributed by atoms with Gasteiger partial charge in [0.15, 0.2) is 5.13 Å². The Balaban J connectivity index is 1.88. The quantitative estimate of drug-likeness (QED) is 0.806. The van der Waals surface area contributed by atoms with Gasteiger partial charge in [-0.2, -0.15) is 5.10 Å². The van der Waals surface area contributed by atoms with Crippen LogP contribution < -0.4 is 10.9 Å². The van der Waals surface area contributed by atoms with Crippen LogP contribution in [0.5, 0.6) is 0 Å². The van der Waals surface area contributed by atoms with Crippen LogP contribution in [0, 0.1) is 0 Å². The summed E-state index contributed by atoms with van der Waals surface area (Å²) in [6, 6.07) is 10.3. The zero-order valence-electron chi connectivity index (χ0n) is 12.1. The number of para-hydroxylation sites is 1. The van der Waals surface area contributed by atoms with Crippen LogP contribution in [0.3, 0.4) is 0 Å². The number of fused-ring (bicyclic) bond motifs is 1. The number of thiazole rings is 1. The lowest BCUT2D eigenvalue weighted by atomic mass is 10.3. The summed E-state index contributed by atoms with van der Waals surface area (Å²) >= 11 is 1.39. The van der Waals surface area contributed by atoms with Gasteiger partial charge in [-0.3, -0.25) is 14.9 Å². The van der Waals surface area contributed by atoms with Crippen LogP contribution in [0.15, 0.2) is 41.2 Å². The number of rotatable bonds is 3. The third-order valence-electron chi connectivity index (χ3n) is 3.06. The SMILES string of the molecule is CC(C)n1nc(C(=O)Nc2nc3ccccc3s2)ccc1=O. The first-order valence-electron chi connectivity index (χ1n) is 6.81. The summed E-state index contributed by atoms with van der Waals surface area (Å²) in [6.07, 6.45) is 0. The molecule has 2 heterocycles. The van der Waals surface area contributed by atoms with Gasteiger partial charge in [0.05, 0.1) is 16.3 Å². The summed E-state index contributed by atoms with van der Waals surface area (Å²) in [5.41, 5.74) is 0.794. The van der Waals surface area contributed by atoms with E-state index < -0.39 is 0 Å². The molecule has 0 unspecified atom stereocenters. The first-order chi connectivity index (χ1) is 10.5. The molecule has 1 amide bonds. The van der Waals surface area contributed by atoms with E-state index in [1.165, 1.54) is 28.2 Å². The molecule has 0 radical (unpaired) electrons. The van der Waals surface area contributed by atoms with Gasteiger partial charge in [0.25, 0.3) is 11.5 Å². The molecule has 0 atom stereocenters. The minimum atomic E-state index is -0.381. The van der Waals surface area contributed by atoms with Gasteiger partial charge >= 0.3 is 0 Å². The predicted molar refractivity (Wildman–Crippen MR) is 86.5 cm³/mol. The topological polar surface area (TPSA) is 76.9 Å². The van der Waals surface area contributed by atoms with Crippen molar-refractivity contribution in [2.75, 3.05) is 5.32 Å². The maximum absolute atomic E-state index is 12.3. The van der Waals surface area contributed by atoms with Crippen molar-refractivity contribution in [3.05, 3.63) is 52.4 Å². The number of nitrogens with zero attached hydrogens (tertiary/aromatic N) is 3. The molecule has 0 aliphatic heterocycles. The van der Waals surface area contributed by atoms with Crippen molar-refractivity contribution in [3.8, 4) is 0 Å². The smallest absolute Gasteiger partial charge is 0.277 e. The fraction of sp³-hybridized carbons (Fsp3) is 0.200. The van der Waals surface area contributed by atoms with Crippen molar-refractivity contribution in [2.24, 2.45) is 0 Å². The lowest BCUT2D eigenvalue weighted by Crippen LogP contribution is -2.27. The minimum Gasteiger partial charge on any atom is -0.296 e. The standard InChI is InChI=1S/C15H14N4O2S/c1-9(2)19-13(20)8-7-11(18-19)14(21)17-15-16-10-5-3-4-6-12(10)22-15/h3-9H,1-2H3,(H,16,17,21). The van der Waals surface area contributed by atoms with E-state index in [2.05, 4.69) is 15.4 Å². The van der Waals surface area contributed by atoms with E-state index in [1.54, 1.807) is 0 Å². The van der Waals surface area contributed by atoms with Gasteiger partial charge in [-0.05, 0) is 32.0 Å². The van der Waals surface area contributed by atoms with Crippen molar-refractivity contribution in [1.82, 2.24) is 14.8 Å². The summed E-state index contributed by atoms with van der Waals surface area (Å²) in [5.74, 6) is -0.381. The van der Waals surface area contributed by atoms with Crippen LogP contribution in [0.1, 0.15) is 30.4 Å². The lowest BCUT2D eigenvalue weighted by Gasteiger charge is -2.09. The first kappa shape index (κ1) is 14.4. The van der Waals surface area contributed by atoms with E-state index >= 15 is 0 Å². The second kappa shape index (κ2) is 5.69. The van der Waals surface area contributed by atoms with Crippen LogP contribution in [0.25, 0.3) is 10.2 Å². The molecule has 0 aliphatic rings. The number of amides is 1. The number of carbonyl (C=O) groups is 1. The molecule has 0 saturated carbocycles. The Hall–Kier alpha value is -2.54. The fourth-order valence-corrected chi connectivity index (χ4v) is 2.86. The first-order valence-corrected chi connectivity index (χ1v) is 7.63. The molecular weight excluding hydrogens is 300 g/mol. The normalized spacial score (nSPS) is 11.0. The third kappa shape index (κ3) is 2.75. The molecule has 3 aromatic rings. The van der Waals surface area contributed by atoms with Gasteiger partial charge in [-0.25, -0.2) is 9.67 Å². The monoisotopic (exact) mass is 314 g/mol. The van der Waals surface area contributed by atoms with E-state index in [1.807, 2.05) is 38.1 Å². The van der Waals surface area contributed by atoms with E-state index in [9.17, 15) is 9.59 Å². The third-order valence-corrected chi connectivity index (χ3v) is 4.01. The van der Waals surface area contributed by atoms with Crippen molar-refractivity contribution in [2.45, 2.75) is 19.9 Å². The van der Waals surface area contributed by atoms with Crippen LogP contribution in [-0.4, -0.2) is 20.7 Å². The Labute approximate surface area is 130 Å². The van der Waals surface area contributed by atoms with Crippen LogP contribution in [0.2, 0.25) is 0 Å². The highest BCUT2D eigenvalue weighted by atomic mass is 32.1. The summed E-state index contributed by atoms with van der Waals surface area (Å²) in [7, 11) is 0. The van der Waals surface area contributed by atoms with Gasteiger partial charge in [0.2, 0.25) is 0 Å². The molecule has 3 rings (SSSR count). The van der Waals surface area contributed by atoms with Crippen LogP contribution in [-0.2, 0) is 0 Å². The molecule has 0 aliphatic carbocycles. The molecule has 0 fully saturated rings. The van der Waals surface area contributed by atoms with E-state index in [-0.39, 0.29) is 23.2 Å². The number of aromatic nitrogens is 3. The molecule has 0 bridgehead atoms. The summed E-state index contributed by atoms with van der Waals surface area (Å²) in [5, 5.41) is 7.32. The number of nitrogens with one attached hydrogen (secondary N) is 1. The molecule has 22 heavy (non-hydrogen) atoms. The van der Waals surface area contributed by atoms with Crippen molar-refractivity contribution in [1.29, 1.82) is 0 Å².